The summed E-state index contributed by atoms with van der Waals surface area (Å²) in [4.78, 5) is 15.5. The van der Waals surface area contributed by atoms with Gasteiger partial charge in [-0.15, -0.1) is 0 Å². The molecular weight excluding hydrogens is 355 g/mol. The number of fused-ring (bicyclic) bond motifs is 1. The molecule has 0 atom stereocenters. The van der Waals surface area contributed by atoms with E-state index in [4.69, 9.17) is 10.2 Å². The summed E-state index contributed by atoms with van der Waals surface area (Å²) in [5.74, 6) is 0.0636. The van der Waals surface area contributed by atoms with Crippen LogP contribution in [0.15, 0.2) is 46.9 Å². The molecule has 0 aliphatic rings. The number of halogens is 1. The van der Waals surface area contributed by atoms with Crippen LogP contribution in [-0.4, -0.2) is 10.9 Å². The lowest BCUT2D eigenvalue weighted by Crippen LogP contribution is -2.10. The summed E-state index contributed by atoms with van der Waals surface area (Å²) in [6, 6.07) is 12.8. The molecule has 1 aromatic heterocycles. The Morgan fingerprint density at radius 3 is 2.58 bits per heavy atom. The van der Waals surface area contributed by atoms with Crippen LogP contribution in [0.5, 0.6) is 0 Å². The van der Waals surface area contributed by atoms with Crippen LogP contribution in [0.2, 0.25) is 0 Å². The number of carbonyl (C=O) groups is 1. The van der Waals surface area contributed by atoms with Crippen molar-refractivity contribution in [3.8, 4) is 11.5 Å². The highest BCUT2D eigenvalue weighted by Crippen LogP contribution is 2.25. The molecule has 2 aromatic carbocycles. The van der Waals surface area contributed by atoms with Gasteiger partial charge in [-0.1, -0.05) is 0 Å². The van der Waals surface area contributed by atoms with Crippen molar-refractivity contribution in [3.05, 3.63) is 51.6 Å². The van der Waals surface area contributed by atoms with Crippen LogP contribution in [0.25, 0.3) is 22.6 Å². The van der Waals surface area contributed by atoms with Crippen molar-refractivity contribution < 1.29 is 9.21 Å². The van der Waals surface area contributed by atoms with E-state index < -0.39 is 5.91 Å². The number of hydrogen-bond acceptors (Lipinski definition) is 3. The number of rotatable bonds is 2. The maximum Gasteiger partial charge on any atom is 0.248 e. The SMILES string of the molecule is NC(=O)c1ccc2oc(-c3ccc(I)cc3)nc2c1. The fourth-order valence-corrected chi connectivity index (χ4v) is 2.16. The molecule has 3 rings (SSSR count). The molecule has 0 unspecified atom stereocenters. The highest BCUT2D eigenvalue weighted by atomic mass is 127. The quantitative estimate of drug-likeness (QED) is 0.710. The van der Waals surface area contributed by atoms with Gasteiger partial charge in [0.25, 0.3) is 0 Å². The topological polar surface area (TPSA) is 69.1 Å². The van der Waals surface area contributed by atoms with Gasteiger partial charge in [-0.05, 0) is 65.1 Å². The molecule has 5 heteroatoms. The number of nitrogens with zero attached hydrogens (tertiary/aromatic N) is 1. The number of nitrogens with two attached hydrogens (primary N) is 1. The lowest BCUT2D eigenvalue weighted by atomic mass is 10.2. The minimum absolute atomic E-state index is 0.426. The molecule has 0 aliphatic carbocycles. The van der Waals surface area contributed by atoms with Crippen molar-refractivity contribution >= 4 is 39.6 Å². The fraction of sp³-hybridized carbons (Fsp3) is 0. The van der Waals surface area contributed by atoms with Crippen LogP contribution in [0.4, 0.5) is 0 Å². The van der Waals surface area contributed by atoms with Crippen molar-refractivity contribution in [2.24, 2.45) is 5.73 Å². The lowest BCUT2D eigenvalue weighted by molar-refractivity contribution is 0.100. The van der Waals surface area contributed by atoms with Crippen molar-refractivity contribution in [1.82, 2.24) is 4.98 Å². The Hall–Kier alpha value is -1.89. The summed E-state index contributed by atoms with van der Waals surface area (Å²) >= 11 is 2.24. The van der Waals surface area contributed by atoms with Crippen LogP contribution in [0, 0.1) is 3.57 Å². The molecular formula is C14H9IN2O2. The first-order chi connectivity index (χ1) is 9.13. The number of carbonyl (C=O) groups excluding carboxylic acids is 1. The Morgan fingerprint density at radius 1 is 1.16 bits per heavy atom. The van der Waals surface area contributed by atoms with Gasteiger partial charge in [0.15, 0.2) is 5.58 Å². The van der Waals surface area contributed by atoms with Gasteiger partial charge >= 0.3 is 0 Å². The van der Waals surface area contributed by atoms with Crippen molar-refractivity contribution in [1.29, 1.82) is 0 Å². The maximum atomic E-state index is 11.1. The predicted molar refractivity (Wildman–Crippen MR) is 80.7 cm³/mol. The molecule has 0 spiro atoms. The van der Waals surface area contributed by atoms with Gasteiger partial charge in [-0.3, -0.25) is 4.79 Å². The average Bonchev–Trinajstić information content (AvgIpc) is 2.82. The molecule has 3 aromatic rings. The predicted octanol–water partition coefficient (Wildman–Crippen LogP) is 3.20. The molecule has 0 fully saturated rings. The van der Waals surface area contributed by atoms with Crippen LogP contribution in [-0.2, 0) is 0 Å². The first-order valence-corrected chi connectivity index (χ1v) is 6.68. The molecule has 0 radical (unpaired) electrons. The highest BCUT2D eigenvalue weighted by Gasteiger charge is 2.10. The third kappa shape index (κ3) is 2.33. The molecule has 0 saturated carbocycles. The van der Waals surface area contributed by atoms with Gasteiger partial charge in [0, 0.05) is 14.7 Å². The van der Waals surface area contributed by atoms with E-state index in [-0.39, 0.29) is 0 Å². The second kappa shape index (κ2) is 4.65. The Kier molecular flexibility index (Phi) is 2.98. The van der Waals surface area contributed by atoms with Gasteiger partial charge in [0.2, 0.25) is 11.8 Å². The van der Waals surface area contributed by atoms with E-state index in [9.17, 15) is 4.79 Å². The summed E-state index contributed by atoms with van der Waals surface area (Å²) in [5, 5.41) is 0. The fourth-order valence-electron chi connectivity index (χ4n) is 1.80. The molecule has 1 heterocycles. The van der Waals surface area contributed by atoms with Gasteiger partial charge in [-0.25, -0.2) is 4.98 Å². The van der Waals surface area contributed by atoms with Crippen LogP contribution in [0.3, 0.4) is 0 Å². The summed E-state index contributed by atoms with van der Waals surface area (Å²) in [6.45, 7) is 0. The molecule has 1 amide bonds. The first kappa shape index (κ1) is 12.2. The molecule has 0 aliphatic heterocycles. The summed E-state index contributed by atoms with van der Waals surface area (Å²) in [5.41, 5.74) is 7.83. The zero-order valence-electron chi connectivity index (χ0n) is 9.76. The second-order valence-electron chi connectivity index (χ2n) is 4.07. The maximum absolute atomic E-state index is 11.1. The molecule has 0 bridgehead atoms. The van der Waals surface area contributed by atoms with Gasteiger partial charge in [0.05, 0.1) is 0 Å². The van der Waals surface area contributed by atoms with E-state index in [1.807, 2.05) is 24.3 Å². The minimum Gasteiger partial charge on any atom is -0.436 e. The van der Waals surface area contributed by atoms with Gasteiger partial charge in [0.1, 0.15) is 5.52 Å². The zero-order valence-corrected chi connectivity index (χ0v) is 11.9. The number of primary amides is 1. The standard InChI is InChI=1S/C14H9IN2O2/c15-10-4-1-8(2-5-10)14-17-11-7-9(13(16)18)3-6-12(11)19-14/h1-7H,(H2,16,18). The second-order valence-corrected chi connectivity index (χ2v) is 5.32. The Morgan fingerprint density at radius 2 is 1.89 bits per heavy atom. The molecule has 94 valence electrons. The van der Waals surface area contributed by atoms with E-state index in [1.165, 1.54) is 0 Å². The Balaban J connectivity index is 2.11. The largest absolute Gasteiger partial charge is 0.436 e. The number of oxazole rings is 1. The summed E-state index contributed by atoms with van der Waals surface area (Å²) in [7, 11) is 0. The normalized spacial score (nSPS) is 10.8. The molecule has 19 heavy (non-hydrogen) atoms. The van der Waals surface area contributed by atoms with E-state index in [1.54, 1.807) is 18.2 Å². The molecule has 4 nitrogen and oxygen atoms in total. The first-order valence-electron chi connectivity index (χ1n) is 5.60. The third-order valence-corrected chi connectivity index (χ3v) is 3.48. The zero-order chi connectivity index (χ0) is 13.4. The van der Waals surface area contributed by atoms with E-state index in [0.29, 0.717) is 22.6 Å². The lowest BCUT2D eigenvalue weighted by Gasteiger charge is -1.94. The van der Waals surface area contributed by atoms with Crippen molar-refractivity contribution in [2.45, 2.75) is 0 Å². The average molecular weight is 364 g/mol. The number of aromatic nitrogens is 1. The molecule has 2 N–H and O–H groups in total. The Bertz CT molecular complexity index is 763. The monoisotopic (exact) mass is 364 g/mol. The van der Waals surface area contributed by atoms with E-state index in [2.05, 4.69) is 27.6 Å². The van der Waals surface area contributed by atoms with Crippen LogP contribution in [0.1, 0.15) is 10.4 Å². The van der Waals surface area contributed by atoms with Gasteiger partial charge < -0.3 is 10.2 Å². The Labute approximate surface area is 122 Å². The minimum atomic E-state index is -0.472. The smallest absolute Gasteiger partial charge is 0.248 e. The van der Waals surface area contributed by atoms with Crippen molar-refractivity contribution in [2.75, 3.05) is 0 Å². The van der Waals surface area contributed by atoms with E-state index >= 15 is 0 Å². The van der Waals surface area contributed by atoms with Crippen molar-refractivity contribution in [3.63, 3.8) is 0 Å². The van der Waals surface area contributed by atoms with Crippen LogP contribution >= 0.6 is 22.6 Å². The number of amides is 1. The highest BCUT2D eigenvalue weighted by molar-refractivity contribution is 14.1. The summed E-state index contributed by atoms with van der Waals surface area (Å²) < 4.78 is 6.81. The van der Waals surface area contributed by atoms with Gasteiger partial charge in [-0.2, -0.15) is 0 Å². The third-order valence-electron chi connectivity index (χ3n) is 2.76. The number of hydrogen-bond donors (Lipinski definition) is 1. The molecule has 0 saturated heterocycles. The van der Waals surface area contributed by atoms with E-state index in [0.717, 1.165) is 9.13 Å². The van der Waals surface area contributed by atoms with Crippen LogP contribution < -0.4 is 5.73 Å². The number of benzene rings is 2. The summed E-state index contributed by atoms with van der Waals surface area (Å²) in [6.07, 6.45) is 0.